The first kappa shape index (κ1) is 16.2. The molecule has 5 nitrogen and oxygen atoms in total. The van der Waals surface area contributed by atoms with Crippen LogP contribution in [0.25, 0.3) is 0 Å². The van der Waals surface area contributed by atoms with Crippen LogP contribution in [-0.2, 0) is 11.3 Å². The van der Waals surface area contributed by atoms with Crippen LogP contribution in [0.3, 0.4) is 0 Å². The lowest BCUT2D eigenvalue weighted by Crippen LogP contribution is -2.33. The Balaban J connectivity index is 1.49. The monoisotopic (exact) mass is 293 g/mol. The number of nitrogens with zero attached hydrogens (tertiary/aromatic N) is 2. The molecule has 0 fully saturated rings. The maximum absolute atomic E-state index is 9.88. The van der Waals surface area contributed by atoms with E-state index < -0.39 is 6.10 Å². The Labute approximate surface area is 127 Å². The molecule has 1 aromatic rings. The predicted molar refractivity (Wildman–Crippen MR) is 83.0 cm³/mol. The SMILES string of the molecule is CC1CC=CCC1COCC(O)CNCCn1ccnc1. The van der Waals surface area contributed by atoms with E-state index in [2.05, 4.69) is 29.4 Å². The molecule has 0 aromatic carbocycles. The second-order valence-corrected chi connectivity index (χ2v) is 5.88. The Morgan fingerprint density at radius 3 is 3.05 bits per heavy atom. The average Bonchev–Trinajstić information content (AvgIpc) is 2.99. The van der Waals surface area contributed by atoms with Gasteiger partial charge in [-0.2, -0.15) is 0 Å². The summed E-state index contributed by atoms with van der Waals surface area (Å²) in [5.41, 5.74) is 0. The summed E-state index contributed by atoms with van der Waals surface area (Å²) in [6.45, 7) is 5.67. The molecule has 2 N–H and O–H groups in total. The second-order valence-electron chi connectivity index (χ2n) is 5.88. The molecule has 1 aliphatic carbocycles. The first-order valence-corrected chi connectivity index (χ1v) is 7.83. The fraction of sp³-hybridized carbons (Fsp3) is 0.688. The fourth-order valence-corrected chi connectivity index (χ4v) is 2.55. The summed E-state index contributed by atoms with van der Waals surface area (Å²) in [4.78, 5) is 3.99. The molecule has 1 aromatic heterocycles. The van der Waals surface area contributed by atoms with E-state index in [4.69, 9.17) is 4.74 Å². The first-order valence-electron chi connectivity index (χ1n) is 7.83. The first-order chi connectivity index (χ1) is 10.3. The molecule has 0 aliphatic heterocycles. The van der Waals surface area contributed by atoms with E-state index in [-0.39, 0.29) is 0 Å². The van der Waals surface area contributed by atoms with Gasteiger partial charge in [-0.25, -0.2) is 4.98 Å². The van der Waals surface area contributed by atoms with Crippen molar-refractivity contribution < 1.29 is 9.84 Å². The van der Waals surface area contributed by atoms with Crippen molar-refractivity contribution >= 4 is 0 Å². The second kappa shape index (κ2) is 8.97. The molecule has 0 bridgehead atoms. The minimum atomic E-state index is -0.442. The summed E-state index contributed by atoms with van der Waals surface area (Å²) in [7, 11) is 0. The minimum absolute atomic E-state index is 0.408. The van der Waals surface area contributed by atoms with Gasteiger partial charge >= 0.3 is 0 Å². The zero-order valence-electron chi connectivity index (χ0n) is 12.8. The topological polar surface area (TPSA) is 59.3 Å². The standard InChI is InChI=1S/C16H27N3O2/c1-14-4-2-3-5-15(14)11-21-12-16(20)10-17-6-8-19-9-7-18-13-19/h2-3,7,9,13-17,20H,4-6,8,10-12H2,1H3. The van der Waals surface area contributed by atoms with E-state index in [1.54, 1.807) is 12.5 Å². The lowest BCUT2D eigenvalue weighted by Gasteiger charge is -2.25. The number of aliphatic hydroxyl groups excluding tert-OH is 1. The van der Waals surface area contributed by atoms with Crippen molar-refractivity contribution in [2.24, 2.45) is 11.8 Å². The van der Waals surface area contributed by atoms with Crippen LogP contribution in [0.5, 0.6) is 0 Å². The van der Waals surface area contributed by atoms with Crippen molar-refractivity contribution in [3.8, 4) is 0 Å². The molecule has 3 unspecified atom stereocenters. The Morgan fingerprint density at radius 2 is 2.29 bits per heavy atom. The quantitative estimate of drug-likeness (QED) is 0.534. The summed E-state index contributed by atoms with van der Waals surface area (Å²) in [6.07, 6.45) is 11.8. The fourth-order valence-electron chi connectivity index (χ4n) is 2.55. The summed E-state index contributed by atoms with van der Waals surface area (Å²) in [5.74, 6) is 1.27. The summed E-state index contributed by atoms with van der Waals surface area (Å²) in [5, 5.41) is 13.1. The van der Waals surface area contributed by atoms with Gasteiger partial charge in [0, 0.05) is 32.0 Å². The number of ether oxygens (including phenoxy) is 1. The summed E-state index contributed by atoms with van der Waals surface area (Å²) < 4.78 is 7.68. The third kappa shape index (κ3) is 5.99. The number of hydrogen-bond acceptors (Lipinski definition) is 4. The van der Waals surface area contributed by atoms with E-state index in [1.165, 1.54) is 0 Å². The number of hydrogen-bond donors (Lipinski definition) is 2. The van der Waals surface area contributed by atoms with Gasteiger partial charge in [-0.3, -0.25) is 0 Å². The van der Waals surface area contributed by atoms with Gasteiger partial charge in [0.05, 0.1) is 25.6 Å². The van der Waals surface area contributed by atoms with Gasteiger partial charge in [-0.1, -0.05) is 19.1 Å². The molecule has 0 spiro atoms. The van der Waals surface area contributed by atoms with Crippen molar-refractivity contribution in [1.82, 2.24) is 14.9 Å². The van der Waals surface area contributed by atoms with Crippen molar-refractivity contribution in [3.05, 3.63) is 30.9 Å². The highest BCUT2D eigenvalue weighted by molar-refractivity contribution is 4.93. The highest BCUT2D eigenvalue weighted by Crippen LogP contribution is 2.24. The van der Waals surface area contributed by atoms with Gasteiger partial charge in [0.15, 0.2) is 0 Å². The van der Waals surface area contributed by atoms with Crippen molar-refractivity contribution in [2.75, 3.05) is 26.3 Å². The van der Waals surface area contributed by atoms with Crippen molar-refractivity contribution in [3.63, 3.8) is 0 Å². The summed E-state index contributed by atoms with van der Waals surface area (Å²) in [6, 6.07) is 0. The van der Waals surface area contributed by atoms with E-state index in [0.29, 0.717) is 25.0 Å². The molecule has 5 heteroatoms. The number of imidazole rings is 1. The number of allylic oxidation sites excluding steroid dienone is 2. The molecular formula is C16H27N3O2. The Morgan fingerprint density at radius 1 is 1.43 bits per heavy atom. The Bertz CT molecular complexity index is 406. The molecule has 0 radical (unpaired) electrons. The Hall–Kier alpha value is -1.17. The van der Waals surface area contributed by atoms with Gasteiger partial charge in [-0.05, 0) is 24.7 Å². The zero-order chi connectivity index (χ0) is 14.9. The Kier molecular flexibility index (Phi) is 6.92. The van der Waals surface area contributed by atoms with Gasteiger partial charge in [0.2, 0.25) is 0 Å². The largest absolute Gasteiger partial charge is 0.389 e. The van der Waals surface area contributed by atoms with E-state index in [0.717, 1.165) is 32.5 Å². The molecule has 3 atom stereocenters. The highest BCUT2D eigenvalue weighted by Gasteiger charge is 2.18. The van der Waals surface area contributed by atoms with Crippen molar-refractivity contribution in [1.29, 1.82) is 0 Å². The molecule has 118 valence electrons. The molecule has 1 heterocycles. The summed E-state index contributed by atoms with van der Waals surface area (Å²) >= 11 is 0. The van der Waals surface area contributed by atoms with Crippen LogP contribution in [0.4, 0.5) is 0 Å². The number of nitrogens with one attached hydrogen (secondary N) is 1. The van der Waals surface area contributed by atoms with Crippen molar-refractivity contribution in [2.45, 2.75) is 32.4 Å². The number of aromatic nitrogens is 2. The predicted octanol–water partition coefficient (Wildman–Crippen LogP) is 1.45. The van der Waals surface area contributed by atoms with Gasteiger partial charge < -0.3 is 19.7 Å². The molecule has 0 saturated heterocycles. The third-order valence-electron chi connectivity index (χ3n) is 4.05. The van der Waals surface area contributed by atoms with Crippen LogP contribution in [0, 0.1) is 11.8 Å². The normalized spacial score (nSPS) is 23.3. The zero-order valence-corrected chi connectivity index (χ0v) is 12.8. The van der Waals surface area contributed by atoms with Crippen LogP contribution < -0.4 is 5.32 Å². The lowest BCUT2D eigenvalue weighted by atomic mass is 9.85. The molecule has 21 heavy (non-hydrogen) atoms. The highest BCUT2D eigenvalue weighted by atomic mass is 16.5. The van der Waals surface area contributed by atoms with E-state index >= 15 is 0 Å². The van der Waals surface area contributed by atoms with E-state index in [9.17, 15) is 5.11 Å². The van der Waals surface area contributed by atoms with Crippen LogP contribution >= 0.6 is 0 Å². The molecular weight excluding hydrogens is 266 g/mol. The maximum Gasteiger partial charge on any atom is 0.0946 e. The van der Waals surface area contributed by atoms with Gasteiger partial charge in [-0.15, -0.1) is 0 Å². The molecule has 1 aliphatic rings. The molecule has 2 rings (SSSR count). The van der Waals surface area contributed by atoms with Gasteiger partial charge in [0.1, 0.15) is 0 Å². The minimum Gasteiger partial charge on any atom is -0.389 e. The number of aliphatic hydroxyl groups is 1. The average molecular weight is 293 g/mol. The van der Waals surface area contributed by atoms with Crippen LogP contribution in [-0.4, -0.2) is 47.1 Å². The van der Waals surface area contributed by atoms with Crippen LogP contribution in [0.15, 0.2) is 30.9 Å². The van der Waals surface area contributed by atoms with Crippen LogP contribution in [0.1, 0.15) is 19.8 Å². The third-order valence-corrected chi connectivity index (χ3v) is 4.05. The lowest BCUT2D eigenvalue weighted by molar-refractivity contribution is 0.0129. The van der Waals surface area contributed by atoms with Gasteiger partial charge in [0.25, 0.3) is 0 Å². The number of rotatable bonds is 9. The maximum atomic E-state index is 9.88. The van der Waals surface area contributed by atoms with E-state index in [1.807, 2.05) is 10.8 Å². The molecule has 0 saturated carbocycles. The smallest absolute Gasteiger partial charge is 0.0946 e. The molecule has 0 amide bonds. The van der Waals surface area contributed by atoms with Crippen LogP contribution in [0.2, 0.25) is 0 Å².